The molecule has 1 amide bonds. The zero-order chi connectivity index (χ0) is 20.5. The number of hydrogen-bond donors (Lipinski definition) is 2. The maximum atomic E-state index is 13.5. The first-order valence-electron chi connectivity index (χ1n) is 8.28. The Balaban J connectivity index is 2.11. The van der Waals surface area contributed by atoms with Gasteiger partial charge in [0, 0.05) is 18.7 Å². The zero-order valence-electron chi connectivity index (χ0n) is 14.4. The lowest BCUT2D eigenvalue weighted by molar-refractivity contribution is -0.137. The number of aromatic nitrogens is 2. The molecule has 1 aliphatic rings. The van der Waals surface area contributed by atoms with Gasteiger partial charge in [-0.2, -0.15) is 13.2 Å². The Labute approximate surface area is 156 Å². The molecular formula is C17H16F4N4O3. The van der Waals surface area contributed by atoms with Crippen LogP contribution in [0.1, 0.15) is 16.8 Å². The highest BCUT2D eigenvalue weighted by atomic mass is 19.4. The van der Waals surface area contributed by atoms with Gasteiger partial charge < -0.3 is 20.0 Å². The average Bonchev–Trinajstić information content (AvgIpc) is 2.65. The molecule has 11 heteroatoms. The van der Waals surface area contributed by atoms with Gasteiger partial charge in [-0.15, -0.1) is 0 Å². The first-order chi connectivity index (χ1) is 13.2. The van der Waals surface area contributed by atoms with Gasteiger partial charge in [-0.25, -0.2) is 19.2 Å². The molecule has 0 saturated carbocycles. The summed E-state index contributed by atoms with van der Waals surface area (Å²) in [6, 6.07) is 2.27. The van der Waals surface area contributed by atoms with Crippen LogP contribution < -0.4 is 4.90 Å². The molecule has 3 rings (SSSR count). The van der Waals surface area contributed by atoms with Crippen LogP contribution in [0.25, 0.3) is 0 Å². The maximum Gasteiger partial charge on any atom is 0.418 e. The van der Waals surface area contributed by atoms with Crippen molar-refractivity contribution in [3.63, 3.8) is 0 Å². The number of hydrogen-bond acceptors (Lipinski definition) is 5. The zero-order valence-corrected chi connectivity index (χ0v) is 14.4. The third kappa shape index (κ3) is 3.84. The van der Waals surface area contributed by atoms with Gasteiger partial charge in [0.1, 0.15) is 18.0 Å². The molecule has 0 bridgehead atoms. The predicted octanol–water partition coefficient (Wildman–Crippen LogP) is 2.80. The van der Waals surface area contributed by atoms with Crippen molar-refractivity contribution in [2.75, 3.05) is 24.6 Å². The molecule has 28 heavy (non-hydrogen) atoms. The molecule has 0 aliphatic carbocycles. The Morgan fingerprint density at radius 1 is 1.29 bits per heavy atom. The molecule has 7 nitrogen and oxygen atoms in total. The second kappa shape index (κ2) is 7.58. The van der Waals surface area contributed by atoms with Gasteiger partial charge in [0.15, 0.2) is 0 Å². The summed E-state index contributed by atoms with van der Waals surface area (Å²) >= 11 is 0. The minimum Gasteiger partial charge on any atom is -0.465 e. The molecule has 0 fully saturated rings. The van der Waals surface area contributed by atoms with E-state index >= 15 is 0 Å². The van der Waals surface area contributed by atoms with Crippen molar-refractivity contribution in [2.24, 2.45) is 0 Å². The monoisotopic (exact) mass is 400 g/mol. The quantitative estimate of drug-likeness (QED) is 0.768. The van der Waals surface area contributed by atoms with E-state index in [0.717, 1.165) is 28.3 Å². The van der Waals surface area contributed by atoms with Crippen molar-refractivity contribution < 1.29 is 32.6 Å². The number of alkyl halides is 3. The number of rotatable bonds is 4. The summed E-state index contributed by atoms with van der Waals surface area (Å²) in [7, 11) is 0. The lowest BCUT2D eigenvalue weighted by atomic mass is 10.0. The number of aliphatic hydroxyl groups excluding tert-OH is 1. The first kappa shape index (κ1) is 19.8. The fraction of sp³-hybridized carbons (Fsp3) is 0.353. The van der Waals surface area contributed by atoms with Gasteiger partial charge in [-0.3, -0.25) is 0 Å². The molecule has 1 aromatic carbocycles. The van der Waals surface area contributed by atoms with Crippen LogP contribution in [0, 0.1) is 5.82 Å². The van der Waals surface area contributed by atoms with Crippen molar-refractivity contribution in [3.8, 4) is 0 Å². The van der Waals surface area contributed by atoms with Crippen molar-refractivity contribution in [3.05, 3.63) is 47.2 Å². The number of nitrogens with zero attached hydrogens (tertiary/aromatic N) is 4. The van der Waals surface area contributed by atoms with Gasteiger partial charge in [-0.05, 0) is 24.6 Å². The van der Waals surface area contributed by atoms with E-state index in [9.17, 15) is 27.5 Å². The average molecular weight is 400 g/mol. The Bertz CT molecular complexity index is 891. The van der Waals surface area contributed by atoms with Crippen molar-refractivity contribution >= 4 is 17.6 Å². The molecule has 1 aromatic heterocycles. The topological polar surface area (TPSA) is 89.8 Å². The fourth-order valence-electron chi connectivity index (χ4n) is 3.14. The minimum atomic E-state index is -4.82. The summed E-state index contributed by atoms with van der Waals surface area (Å²) in [6.45, 7) is -0.594. The van der Waals surface area contributed by atoms with Gasteiger partial charge in [0.05, 0.1) is 30.1 Å². The van der Waals surface area contributed by atoms with Crippen LogP contribution in [0.15, 0.2) is 24.5 Å². The lowest BCUT2D eigenvalue weighted by Gasteiger charge is -2.31. The largest absolute Gasteiger partial charge is 0.465 e. The second-order valence-corrected chi connectivity index (χ2v) is 6.11. The van der Waals surface area contributed by atoms with Crippen LogP contribution >= 0.6 is 0 Å². The molecule has 0 saturated heterocycles. The summed E-state index contributed by atoms with van der Waals surface area (Å²) in [5, 5.41) is 18.5. The van der Waals surface area contributed by atoms with Crippen LogP contribution in [-0.4, -0.2) is 50.9 Å². The molecule has 2 heterocycles. The number of carboxylic acid groups (broad SMARTS) is 1. The van der Waals surface area contributed by atoms with E-state index in [2.05, 4.69) is 9.97 Å². The van der Waals surface area contributed by atoms with Crippen LogP contribution in [-0.2, 0) is 19.1 Å². The molecule has 0 atom stereocenters. The van der Waals surface area contributed by atoms with Gasteiger partial charge in [0.2, 0.25) is 0 Å². The standard InChI is InChI=1S/C17H16F4N4O3/c18-10-1-2-14(12(7-10)17(19,20)21)25(5-6-26)15-11-3-4-24(16(27)28)8-13(11)22-9-23-15/h1-2,7,9,26H,3-6,8H2,(H,27,28). The van der Waals surface area contributed by atoms with E-state index < -0.39 is 30.3 Å². The lowest BCUT2D eigenvalue weighted by Crippen LogP contribution is -2.37. The smallest absolute Gasteiger partial charge is 0.418 e. The van der Waals surface area contributed by atoms with Crippen molar-refractivity contribution in [2.45, 2.75) is 19.1 Å². The molecule has 1 aliphatic heterocycles. The molecule has 0 unspecified atom stereocenters. The van der Waals surface area contributed by atoms with E-state index in [0.29, 0.717) is 17.3 Å². The van der Waals surface area contributed by atoms with E-state index in [1.807, 2.05) is 0 Å². The van der Waals surface area contributed by atoms with Gasteiger partial charge >= 0.3 is 12.3 Å². The summed E-state index contributed by atoms with van der Waals surface area (Å²) in [4.78, 5) is 21.6. The first-order valence-corrected chi connectivity index (χ1v) is 8.28. The number of halogens is 4. The highest BCUT2D eigenvalue weighted by molar-refractivity contribution is 5.69. The molecule has 2 N–H and O–H groups in total. The summed E-state index contributed by atoms with van der Waals surface area (Å²) < 4.78 is 53.9. The van der Waals surface area contributed by atoms with Gasteiger partial charge in [0.25, 0.3) is 0 Å². The van der Waals surface area contributed by atoms with Crippen molar-refractivity contribution in [1.29, 1.82) is 0 Å². The van der Waals surface area contributed by atoms with E-state index in [1.54, 1.807) is 0 Å². The number of carbonyl (C=O) groups is 1. The van der Waals surface area contributed by atoms with Crippen LogP contribution in [0.2, 0.25) is 0 Å². The molecule has 0 radical (unpaired) electrons. The predicted molar refractivity (Wildman–Crippen MR) is 89.7 cm³/mol. The van der Waals surface area contributed by atoms with Crippen LogP contribution in [0.4, 0.5) is 33.9 Å². The van der Waals surface area contributed by atoms with Crippen molar-refractivity contribution in [1.82, 2.24) is 14.9 Å². The number of aliphatic hydroxyl groups is 1. The Hall–Kier alpha value is -2.95. The fourth-order valence-corrected chi connectivity index (χ4v) is 3.14. The Morgan fingerprint density at radius 3 is 2.68 bits per heavy atom. The Morgan fingerprint density at radius 2 is 2.04 bits per heavy atom. The minimum absolute atomic E-state index is 0.0251. The number of amides is 1. The summed E-state index contributed by atoms with van der Waals surface area (Å²) in [5.41, 5.74) is -0.691. The third-order valence-corrected chi connectivity index (χ3v) is 4.39. The van der Waals surface area contributed by atoms with E-state index in [1.165, 1.54) is 0 Å². The maximum absolute atomic E-state index is 13.5. The summed E-state index contributed by atoms with van der Waals surface area (Å²) in [6.07, 6.45) is -4.63. The molecule has 150 valence electrons. The Kier molecular flexibility index (Phi) is 5.36. The number of anilines is 2. The van der Waals surface area contributed by atoms with Crippen LogP contribution in [0.5, 0.6) is 0 Å². The normalized spacial score (nSPS) is 14.0. The van der Waals surface area contributed by atoms with Gasteiger partial charge in [-0.1, -0.05) is 0 Å². The molecule has 0 spiro atoms. The van der Waals surface area contributed by atoms with E-state index in [4.69, 9.17) is 5.11 Å². The molecular weight excluding hydrogens is 384 g/mol. The second-order valence-electron chi connectivity index (χ2n) is 6.11. The van der Waals surface area contributed by atoms with Crippen LogP contribution in [0.3, 0.4) is 0 Å². The van der Waals surface area contributed by atoms with E-state index in [-0.39, 0.29) is 37.6 Å². The summed E-state index contributed by atoms with van der Waals surface area (Å²) in [5.74, 6) is -0.914. The third-order valence-electron chi connectivity index (χ3n) is 4.39. The highest BCUT2D eigenvalue weighted by Crippen LogP contribution is 2.40. The SMILES string of the molecule is O=C(O)N1CCc2c(ncnc2N(CCO)c2ccc(F)cc2C(F)(F)F)C1. The number of fused-ring (bicyclic) bond motifs is 1. The highest BCUT2D eigenvalue weighted by Gasteiger charge is 2.36. The number of benzene rings is 1. The molecule has 2 aromatic rings.